The second-order valence-corrected chi connectivity index (χ2v) is 11.1. The smallest absolute Gasteiger partial charge is 0.303 e. The standard InChI is InChI=1S/C30H33FO3S/c1-30(2)15-5-8-27(30)25-17-21(9-12-24(25)26-18-22(34-3)11-13-28(26)31)19-35-23-7-4-6-20(16-23)10-14-29(32)33/h4,6-7,9,11-13,16-18,27H,5,8,10,14-15,19H2,1-3H3,(H,32,33). The molecule has 0 bridgehead atoms. The fraction of sp³-hybridized carbons (Fsp3) is 0.367. The second-order valence-electron chi connectivity index (χ2n) is 10.0. The molecule has 0 aromatic heterocycles. The van der Waals surface area contributed by atoms with Gasteiger partial charge in [0, 0.05) is 22.6 Å². The van der Waals surface area contributed by atoms with Crippen LogP contribution in [0.1, 0.15) is 62.1 Å². The molecule has 5 heteroatoms. The molecule has 0 aliphatic heterocycles. The summed E-state index contributed by atoms with van der Waals surface area (Å²) in [6, 6.07) is 19.5. The maximum absolute atomic E-state index is 15.0. The Labute approximate surface area is 211 Å². The molecule has 0 radical (unpaired) electrons. The van der Waals surface area contributed by atoms with Crippen molar-refractivity contribution in [2.24, 2.45) is 5.41 Å². The zero-order chi connectivity index (χ0) is 25.0. The normalized spacial score (nSPS) is 16.9. The van der Waals surface area contributed by atoms with Crippen LogP contribution in [0.5, 0.6) is 5.75 Å². The van der Waals surface area contributed by atoms with Crippen LogP contribution in [0.3, 0.4) is 0 Å². The van der Waals surface area contributed by atoms with Gasteiger partial charge in [0.1, 0.15) is 11.6 Å². The highest BCUT2D eigenvalue weighted by atomic mass is 32.2. The third-order valence-electron chi connectivity index (χ3n) is 7.14. The highest BCUT2D eigenvalue weighted by molar-refractivity contribution is 7.98. The molecule has 3 aromatic rings. The lowest BCUT2D eigenvalue weighted by atomic mass is 9.75. The van der Waals surface area contributed by atoms with Crippen molar-refractivity contribution in [3.8, 4) is 16.9 Å². The zero-order valence-corrected chi connectivity index (χ0v) is 21.5. The summed E-state index contributed by atoms with van der Waals surface area (Å²) in [4.78, 5) is 12.0. The quantitative estimate of drug-likeness (QED) is 0.307. The SMILES string of the molecule is COc1ccc(F)c(-c2ccc(CSc3cccc(CCC(=O)O)c3)cc2C2CCCC2(C)C)c1. The van der Waals surface area contributed by atoms with E-state index >= 15 is 0 Å². The number of hydrogen-bond donors (Lipinski definition) is 1. The number of aryl methyl sites for hydroxylation is 1. The maximum atomic E-state index is 15.0. The monoisotopic (exact) mass is 492 g/mol. The average molecular weight is 493 g/mol. The number of rotatable bonds is 9. The lowest BCUT2D eigenvalue weighted by molar-refractivity contribution is -0.136. The van der Waals surface area contributed by atoms with Crippen molar-refractivity contribution in [1.29, 1.82) is 0 Å². The van der Waals surface area contributed by atoms with Gasteiger partial charge in [0.2, 0.25) is 0 Å². The van der Waals surface area contributed by atoms with Gasteiger partial charge >= 0.3 is 5.97 Å². The summed E-state index contributed by atoms with van der Waals surface area (Å²) in [6.45, 7) is 4.64. The Hall–Kier alpha value is -2.79. The summed E-state index contributed by atoms with van der Waals surface area (Å²) < 4.78 is 20.4. The third kappa shape index (κ3) is 6.07. The van der Waals surface area contributed by atoms with Gasteiger partial charge in [-0.05, 0) is 83.2 Å². The van der Waals surface area contributed by atoms with E-state index in [0.29, 0.717) is 23.7 Å². The predicted octanol–water partition coefficient (Wildman–Crippen LogP) is 8.10. The van der Waals surface area contributed by atoms with Gasteiger partial charge < -0.3 is 9.84 Å². The molecule has 0 amide bonds. The van der Waals surface area contributed by atoms with Crippen LogP contribution in [0.2, 0.25) is 0 Å². The number of benzene rings is 3. The fourth-order valence-electron chi connectivity index (χ4n) is 5.19. The Morgan fingerprint density at radius 3 is 2.63 bits per heavy atom. The maximum Gasteiger partial charge on any atom is 0.303 e. The van der Waals surface area contributed by atoms with Gasteiger partial charge in [-0.15, -0.1) is 11.8 Å². The van der Waals surface area contributed by atoms with Crippen LogP contribution in [0.15, 0.2) is 65.6 Å². The summed E-state index contributed by atoms with van der Waals surface area (Å²) in [7, 11) is 1.61. The third-order valence-corrected chi connectivity index (χ3v) is 8.21. The van der Waals surface area contributed by atoms with Crippen LogP contribution >= 0.6 is 11.8 Å². The lowest BCUT2D eigenvalue weighted by Crippen LogP contribution is -2.16. The first-order valence-electron chi connectivity index (χ1n) is 12.2. The van der Waals surface area contributed by atoms with E-state index in [4.69, 9.17) is 9.84 Å². The molecular weight excluding hydrogens is 459 g/mol. The van der Waals surface area contributed by atoms with Gasteiger partial charge in [-0.1, -0.05) is 50.6 Å². The Morgan fingerprint density at radius 1 is 1.09 bits per heavy atom. The summed E-state index contributed by atoms with van der Waals surface area (Å²) in [5.41, 5.74) is 5.16. The minimum Gasteiger partial charge on any atom is -0.497 e. The van der Waals surface area contributed by atoms with Crippen LogP contribution in [-0.2, 0) is 17.0 Å². The molecule has 0 spiro atoms. The molecule has 1 aliphatic carbocycles. The molecule has 1 atom stereocenters. The number of carboxylic acids is 1. The van der Waals surface area contributed by atoms with Crippen molar-refractivity contribution >= 4 is 17.7 Å². The molecular formula is C30H33FO3S. The molecule has 1 saturated carbocycles. The van der Waals surface area contributed by atoms with Crippen molar-refractivity contribution < 1.29 is 19.0 Å². The molecule has 3 nitrogen and oxygen atoms in total. The molecule has 1 aliphatic rings. The lowest BCUT2D eigenvalue weighted by Gasteiger charge is -2.30. The van der Waals surface area contributed by atoms with Gasteiger partial charge in [-0.25, -0.2) is 4.39 Å². The van der Waals surface area contributed by atoms with E-state index in [1.54, 1.807) is 31.0 Å². The van der Waals surface area contributed by atoms with Gasteiger partial charge in [0.05, 0.1) is 7.11 Å². The number of methoxy groups -OCH3 is 1. The molecule has 184 valence electrons. The highest BCUT2D eigenvalue weighted by Gasteiger charge is 2.37. The van der Waals surface area contributed by atoms with E-state index in [1.807, 2.05) is 12.1 Å². The second kappa shape index (κ2) is 10.9. The minimum atomic E-state index is -0.780. The summed E-state index contributed by atoms with van der Waals surface area (Å²) in [5.74, 6) is 0.803. The van der Waals surface area contributed by atoms with Gasteiger partial charge in [-0.3, -0.25) is 4.79 Å². The molecule has 4 rings (SSSR count). The zero-order valence-electron chi connectivity index (χ0n) is 20.6. The largest absolute Gasteiger partial charge is 0.497 e. The van der Waals surface area contributed by atoms with E-state index in [2.05, 4.69) is 44.2 Å². The van der Waals surface area contributed by atoms with E-state index in [0.717, 1.165) is 28.2 Å². The van der Waals surface area contributed by atoms with Crippen molar-refractivity contribution in [3.05, 3.63) is 83.2 Å². The molecule has 1 N–H and O–H groups in total. The number of carbonyl (C=O) groups is 1. The number of aliphatic carboxylic acids is 1. The molecule has 3 aromatic carbocycles. The fourth-order valence-corrected chi connectivity index (χ4v) is 6.11. The van der Waals surface area contributed by atoms with Crippen LogP contribution in [-0.4, -0.2) is 18.2 Å². The van der Waals surface area contributed by atoms with Crippen LogP contribution in [0, 0.1) is 11.2 Å². The molecule has 1 unspecified atom stereocenters. The molecule has 0 saturated heterocycles. The van der Waals surface area contributed by atoms with Gasteiger partial charge in [0.15, 0.2) is 0 Å². The Morgan fingerprint density at radius 2 is 1.91 bits per heavy atom. The van der Waals surface area contributed by atoms with Crippen molar-refractivity contribution in [2.75, 3.05) is 7.11 Å². The summed E-state index contributed by atoms with van der Waals surface area (Å²) in [6.07, 6.45) is 4.12. The summed E-state index contributed by atoms with van der Waals surface area (Å²) in [5, 5.41) is 8.96. The van der Waals surface area contributed by atoms with E-state index in [1.165, 1.54) is 30.0 Å². The van der Waals surface area contributed by atoms with Crippen LogP contribution in [0.4, 0.5) is 4.39 Å². The molecule has 35 heavy (non-hydrogen) atoms. The summed E-state index contributed by atoms with van der Waals surface area (Å²) >= 11 is 1.74. The van der Waals surface area contributed by atoms with Crippen molar-refractivity contribution in [3.63, 3.8) is 0 Å². The van der Waals surface area contributed by atoms with Crippen molar-refractivity contribution in [1.82, 2.24) is 0 Å². The van der Waals surface area contributed by atoms with Crippen LogP contribution < -0.4 is 4.74 Å². The molecule has 1 fully saturated rings. The van der Waals surface area contributed by atoms with E-state index in [9.17, 15) is 9.18 Å². The Balaban J connectivity index is 1.64. The number of thioether (sulfide) groups is 1. The average Bonchev–Trinajstić information content (AvgIpc) is 3.20. The number of carboxylic acid groups (broad SMARTS) is 1. The number of hydrogen-bond acceptors (Lipinski definition) is 3. The van der Waals surface area contributed by atoms with E-state index in [-0.39, 0.29) is 17.7 Å². The Bertz CT molecular complexity index is 1200. The number of ether oxygens (including phenoxy) is 1. The first kappa shape index (κ1) is 25.3. The number of halogens is 1. The van der Waals surface area contributed by atoms with Gasteiger partial charge in [0.25, 0.3) is 0 Å². The predicted molar refractivity (Wildman–Crippen MR) is 141 cm³/mol. The highest BCUT2D eigenvalue weighted by Crippen LogP contribution is 2.51. The first-order valence-corrected chi connectivity index (χ1v) is 13.2. The molecule has 0 heterocycles. The van der Waals surface area contributed by atoms with E-state index < -0.39 is 5.97 Å². The topological polar surface area (TPSA) is 46.5 Å². The Kier molecular flexibility index (Phi) is 7.85. The van der Waals surface area contributed by atoms with Crippen molar-refractivity contribution in [2.45, 2.75) is 62.5 Å². The minimum absolute atomic E-state index is 0.136. The van der Waals surface area contributed by atoms with Crippen LogP contribution in [0.25, 0.3) is 11.1 Å². The van der Waals surface area contributed by atoms with Gasteiger partial charge in [-0.2, -0.15) is 0 Å². The first-order chi connectivity index (χ1) is 16.8.